The van der Waals surface area contributed by atoms with Gasteiger partial charge in [0, 0.05) is 5.54 Å². The van der Waals surface area contributed by atoms with Crippen molar-refractivity contribution in [2.24, 2.45) is 17.3 Å². The highest BCUT2D eigenvalue weighted by atomic mass is 15.1. The third-order valence-electron chi connectivity index (χ3n) is 7.27. The van der Waals surface area contributed by atoms with E-state index < -0.39 is 0 Å². The molecule has 3 saturated carbocycles. The van der Waals surface area contributed by atoms with E-state index >= 15 is 0 Å². The van der Waals surface area contributed by atoms with Gasteiger partial charge in [0.05, 0.1) is 0 Å². The standard InChI is InChI=1S/C12H21N.C6H13N.2C2H6/c1-3-11-7-9-4-5-12(11,13-2)8-10(11)6-9;1-7-5-3-2-4-6-7;2*1-2/h9-10,13H,3-8H2,1-2H3;2-6H2,1H3;2*1-2H3. The molecule has 0 aromatic heterocycles. The highest BCUT2D eigenvalue weighted by molar-refractivity contribution is 5.22. The van der Waals surface area contributed by atoms with Gasteiger partial charge in [-0.1, -0.05) is 41.0 Å². The lowest BCUT2D eigenvalue weighted by atomic mass is 9.46. The number of hydrogen-bond donors (Lipinski definition) is 1. The Bertz CT molecular complexity index is 333. The Balaban J connectivity index is 0.000000224. The van der Waals surface area contributed by atoms with Gasteiger partial charge in [0.15, 0.2) is 0 Å². The molecule has 4 aliphatic rings. The number of piperidine rings is 1. The highest BCUT2D eigenvalue weighted by Gasteiger charge is 2.68. The quantitative estimate of drug-likeness (QED) is 0.693. The van der Waals surface area contributed by atoms with E-state index in [0.717, 1.165) is 17.3 Å². The lowest BCUT2D eigenvalue weighted by Gasteiger charge is -2.64. The van der Waals surface area contributed by atoms with E-state index in [2.05, 4.69) is 31.2 Å². The average Bonchev–Trinajstić information content (AvgIpc) is 2.78. The molecule has 2 heteroatoms. The van der Waals surface area contributed by atoms with E-state index in [4.69, 9.17) is 0 Å². The van der Waals surface area contributed by atoms with Crippen molar-refractivity contribution in [1.29, 1.82) is 0 Å². The molecule has 1 N–H and O–H groups in total. The molecule has 4 fully saturated rings. The van der Waals surface area contributed by atoms with Gasteiger partial charge in [-0.2, -0.15) is 0 Å². The molecule has 24 heavy (non-hydrogen) atoms. The van der Waals surface area contributed by atoms with Gasteiger partial charge < -0.3 is 10.2 Å². The molecule has 0 aromatic rings. The van der Waals surface area contributed by atoms with Gasteiger partial charge in [-0.15, -0.1) is 0 Å². The molecule has 0 radical (unpaired) electrons. The van der Waals surface area contributed by atoms with E-state index in [1.54, 1.807) is 6.42 Å². The summed E-state index contributed by atoms with van der Waals surface area (Å²) in [4.78, 5) is 2.39. The van der Waals surface area contributed by atoms with Crippen molar-refractivity contribution in [2.45, 2.75) is 97.9 Å². The zero-order valence-electron chi connectivity index (χ0n) is 17.9. The highest BCUT2D eigenvalue weighted by Crippen LogP contribution is 2.71. The van der Waals surface area contributed by atoms with E-state index in [0.29, 0.717) is 5.54 Å². The first kappa shape index (κ1) is 22.0. The number of nitrogens with one attached hydrogen (secondary N) is 1. The minimum Gasteiger partial charge on any atom is -0.314 e. The van der Waals surface area contributed by atoms with Gasteiger partial charge in [0.1, 0.15) is 0 Å². The Kier molecular flexibility index (Phi) is 9.30. The predicted molar refractivity (Wildman–Crippen MR) is 109 cm³/mol. The molecule has 4 rings (SSSR count). The maximum absolute atomic E-state index is 3.67. The fraction of sp³-hybridized carbons (Fsp3) is 1.00. The number of nitrogens with zero attached hydrogens (tertiary/aromatic N) is 1. The summed E-state index contributed by atoms with van der Waals surface area (Å²) in [6.07, 6.45) is 13.2. The summed E-state index contributed by atoms with van der Waals surface area (Å²) >= 11 is 0. The van der Waals surface area contributed by atoms with Crippen LogP contribution in [-0.2, 0) is 0 Å². The number of rotatable bonds is 2. The molecular formula is C22H46N2. The van der Waals surface area contributed by atoms with Gasteiger partial charge in [0.2, 0.25) is 0 Å². The summed E-state index contributed by atoms with van der Waals surface area (Å²) in [7, 11) is 4.38. The van der Waals surface area contributed by atoms with Crippen LogP contribution in [0, 0.1) is 17.3 Å². The van der Waals surface area contributed by atoms with E-state index in [1.807, 2.05) is 27.7 Å². The van der Waals surface area contributed by atoms with Crippen molar-refractivity contribution >= 4 is 0 Å². The van der Waals surface area contributed by atoms with Crippen LogP contribution in [0.1, 0.15) is 92.4 Å². The first-order chi connectivity index (χ1) is 11.7. The summed E-state index contributed by atoms with van der Waals surface area (Å²) in [5.74, 6) is 2.17. The number of hydrogen-bond acceptors (Lipinski definition) is 2. The Morgan fingerprint density at radius 3 is 2.08 bits per heavy atom. The normalized spacial score (nSPS) is 39.1. The predicted octanol–water partition coefficient (Wildman–Crippen LogP) is 5.72. The number of fused-ring (bicyclic) bond motifs is 1. The Labute approximate surface area is 153 Å². The van der Waals surface area contributed by atoms with Crippen LogP contribution in [0.25, 0.3) is 0 Å². The summed E-state index contributed by atoms with van der Waals surface area (Å²) < 4.78 is 0. The van der Waals surface area contributed by atoms with Crippen molar-refractivity contribution in [2.75, 3.05) is 27.2 Å². The molecule has 2 bridgehead atoms. The topological polar surface area (TPSA) is 15.3 Å². The molecule has 0 amide bonds. The van der Waals surface area contributed by atoms with Gasteiger partial charge in [-0.3, -0.25) is 0 Å². The molecule has 0 aromatic carbocycles. The molecule has 4 atom stereocenters. The summed E-state index contributed by atoms with van der Waals surface area (Å²) in [5.41, 5.74) is 1.30. The van der Waals surface area contributed by atoms with Gasteiger partial charge >= 0.3 is 0 Å². The lowest BCUT2D eigenvalue weighted by molar-refractivity contribution is -0.0937. The van der Waals surface area contributed by atoms with Crippen molar-refractivity contribution in [3.8, 4) is 0 Å². The van der Waals surface area contributed by atoms with Crippen molar-refractivity contribution < 1.29 is 0 Å². The Morgan fingerprint density at radius 1 is 1.00 bits per heavy atom. The van der Waals surface area contributed by atoms with Crippen molar-refractivity contribution in [3.63, 3.8) is 0 Å². The lowest BCUT2D eigenvalue weighted by Crippen LogP contribution is -2.68. The second kappa shape index (κ2) is 10.2. The average molecular weight is 339 g/mol. The molecular weight excluding hydrogens is 292 g/mol. The first-order valence-corrected chi connectivity index (χ1v) is 11.0. The van der Waals surface area contributed by atoms with Crippen LogP contribution in [0.15, 0.2) is 0 Å². The monoisotopic (exact) mass is 338 g/mol. The van der Waals surface area contributed by atoms with E-state index in [9.17, 15) is 0 Å². The van der Waals surface area contributed by atoms with Crippen LogP contribution >= 0.6 is 0 Å². The van der Waals surface area contributed by atoms with Crippen LogP contribution in [0.5, 0.6) is 0 Å². The van der Waals surface area contributed by atoms with Crippen LogP contribution in [0.2, 0.25) is 0 Å². The van der Waals surface area contributed by atoms with Gasteiger partial charge in [-0.05, 0) is 95.8 Å². The Morgan fingerprint density at radius 2 is 1.62 bits per heavy atom. The van der Waals surface area contributed by atoms with E-state index in [-0.39, 0.29) is 0 Å². The minimum atomic E-state index is 0.569. The van der Waals surface area contributed by atoms with Crippen LogP contribution in [-0.4, -0.2) is 37.6 Å². The zero-order chi connectivity index (χ0) is 18.2. The largest absolute Gasteiger partial charge is 0.314 e. The van der Waals surface area contributed by atoms with Crippen LogP contribution in [0.4, 0.5) is 0 Å². The maximum atomic E-state index is 3.67. The molecule has 0 spiro atoms. The van der Waals surface area contributed by atoms with Crippen LogP contribution in [0.3, 0.4) is 0 Å². The SMILES string of the molecule is CC.CC.CCC12CC3CCC1(NC)CC2C3.CN1CCCCC1. The molecule has 4 unspecified atom stereocenters. The summed E-state index contributed by atoms with van der Waals surface area (Å²) in [6, 6.07) is 0. The second-order valence-corrected chi connectivity index (χ2v) is 7.95. The molecule has 3 aliphatic carbocycles. The maximum Gasteiger partial charge on any atom is 0.0240 e. The van der Waals surface area contributed by atoms with Crippen molar-refractivity contribution in [1.82, 2.24) is 10.2 Å². The summed E-state index contributed by atoms with van der Waals surface area (Å²) in [6.45, 7) is 13.0. The third-order valence-corrected chi connectivity index (χ3v) is 7.27. The van der Waals surface area contributed by atoms with Gasteiger partial charge in [-0.25, -0.2) is 0 Å². The molecule has 1 saturated heterocycles. The third kappa shape index (κ3) is 4.01. The summed E-state index contributed by atoms with van der Waals surface area (Å²) in [5, 5.41) is 3.67. The van der Waals surface area contributed by atoms with Crippen LogP contribution < -0.4 is 5.32 Å². The second-order valence-electron chi connectivity index (χ2n) is 7.95. The van der Waals surface area contributed by atoms with Gasteiger partial charge in [0.25, 0.3) is 0 Å². The Hall–Kier alpha value is -0.0800. The minimum absolute atomic E-state index is 0.569. The smallest absolute Gasteiger partial charge is 0.0240 e. The zero-order valence-corrected chi connectivity index (χ0v) is 17.9. The first-order valence-electron chi connectivity index (χ1n) is 11.0. The molecule has 1 aliphatic heterocycles. The fourth-order valence-corrected chi connectivity index (χ4v) is 6.07. The molecule has 1 heterocycles. The molecule has 144 valence electrons. The fourth-order valence-electron chi connectivity index (χ4n) is 6.07. The van der Waals surface area contributed by atoms with E-state index in [1.165, 1.54) is 64.5 Å². The molecule has 2 nitrogen and oxygen atoms in total. The van der Waals surface area contributed by atoms with Crippen molar-refractivity contribution in [3.05, 3.63) is 0 Å². The number of likely N-dealkylation sites (tertiary alicyclic amines) is 1.